The van der Waals surface area contributed by atoms with E-state index in [1.807, 2.05) is 0 Å². The molecule has 0 aromatic heterocycles. The third-order valence-corrected chi connectivity index (χ3v) is 4.47. The van der Waals surface area contributed by atoms with Crippen LogP contribution in [0, 0.1) is 5.92 Å². The fraction of sp³-hybridized carbons (Fsp3) is 0.600. The van der Waals surface area contributed by atoms with Gasteiger partial charge in [0.2, 0.25) is 0 Å². The fourth-order valence-electron chi connectivity index (χ4n) is 3.14. The zero-order valence-corrected chi connectivity index (χ0v) is 12.9. The topological polar surface area (TPSA) is 29.3 Å². The van der Waals surface area contributed by atoms with E-state index < -0.39 is 0 Å². The van der Waals surface area contributed by atoms with Crippen molar-refractivity contribution in [2.24, 2.45) is 11.7 Å². The summed E-state index contributed by atoms with van der Waals surface area (Å²) >= 11 is 3.56. The van der Waals surface area contributed by atoms with Gasteiger partial charge in [-0.05, 0) is 63.8 Å². The molecule has 0 saturated carbocycles. The molecule has 0 amide bonds. The number of hydrogen-bond donors (Lipinski definition) is 1. The Morgan fingerprint density at radius 1 is 1.44 bits per heavy atom. The molecule has 0 radical (unpaired) electrons. The summed E-state index contributed by atoms with van der Waals surface area (Å²) in [5.41, 5.74) is 7.23. The first-order valence-corrected chi connectivity index (χ1v) is 7.55. The molecule has 1 fully saturated rings. The first-order valence-electron chi connectivity index (χ1n) is 6.76. The maximum atomic E-state index is 5.69. The Bertz CT molecular complexity index is 403. The molecule has 2 N–H and O–H groups in total. The van der Waals surface area contributed by atoms with Crippen molar-refractivity contribution in [2.45, 2.75) is 38.6 Å². The molecule has 0 spiro atoms. The third kappa shape index (κ3) is 3.07. The van der Waals surface area contributed by atoms with Crippen molar-refractivity contribution < 1.29 is 0 Å². The number of piperidine rings is 1. The van der Waals surface area contributed by atoms with Gasteiger partial charge in [0.15, 0.2) is 0 Å². The second-order valence-electron chi connectivity index (χ2n) is 5.88. The minimum atomic E-state index is 0.221. The number of hydrogen-bond acceptors (Lipinski definition) is 2. The molecule has 1 atom stereocenters. The van der Waals surface area contributed by atoms with Gasteiger partial charge in [0, 0.05) is 22.2 Å². The maximum Gasteiger partial charge on any atom is 0.0381 e. The highest BCUT2D eigenvalue weighted by atomic mass is 79.9. The van der Waals surface area contributed by atoms with Gasteiger partial charge in [0.05, 0.1) is 0 Å². The average molecular weight is 311 g/mol. The van der Waals surface area contributed by atoms with E-state index in [0.717, 1.165) is 29.9 Å². The smallest absolute Gasteiger partial charge is 0.0381 e. The van der Waals surface area contributed by atoms with Gasteiger partial charge in [-0.3, -0.25) is 0 Å². The fourth-order valence-corrected chi connectivity index (χ4v) is 3.52. The first-order chi connectivity index (χ1) is 8.53. The van der Waals surface area contributed by atoms with E-state index in [4.69, 9.17) is 5.73 Å². The van der Waals surface area contributed by atoms with E-state index in [-0.39, 0.29) is 5.54 Å². The summed E-state index contributed by atoms with van der Waals surface area (Å²) < 4.78 is 1.15. The summed E-state index contributed by atoms with van der Waals surface area (Å²) in [6, 6.07) is 8.61. The zero-order valence-electron chi connectivity index (χ0n) is 11.3. The highest BCUT2D eigenvalue weighted by Gasteiger charge is 2.34. The van der Waals surface area contributed by atoms with Crippen molar-refractivity contribution in [3.8, 4) is 0 Å². The van der Waals surface area contributed by atoms with Crippen molar-refractivity contribution >= 4 is 21.6 Å². The summed E-state index contributed by atoms with van der Waals surface area (Å²) in [5, 5.41) is 0. The molecule has 1 aromatic rings. The van der Waals surface area contributed by atoms with E-state index in [1.54, 1.807) is 0 Å². The van der Waals surface area contributed by atoms with E-state index >= 15 is 0 Å². The van der Waals surface area contributed by atoms with Crippen LogP contribution in [0.25, 0.3) is 0 Å². The van der Waals surface area contributed by atoms with Crippen LogP contribution in [0.5, 0.6) is 0 Å². The molecule has 1 aliphatic rings. The van der Waals surface area contributed by atoms with Crippen LogP contribution in [-0.4, -0.2) is 18.6 Å². The number of nitrogens with two attached hydrogens (primary N) is 1. The molecule has 1 aromatic carbocycles. The van der Waals surface area contributed by atoms with Crippen molar-refractivity contribution in [1.82, 2.24) is 0 Å². The molecular formula is C15H23BrN2. The number of benzene rings is 1. The van der Waals surface area contributed by atoms with E-state index in [0.29, 0.717) is 0 Å². The maximum absolute atomic E-state index is 5.69. The molecule has 18 heavy (non-hydrogen) atoms. The second-order valence-corrected chi connectivity index (χ2v) is 6.80. The lowest BCUT2D eigenvalue weighted by molar-refractivity contribution is 0.264. The van der Waals surface area contributed by atoms with Crippen molar-refractivity contribution in [3.05, 3.63) is 28.7 Å². The molecule has 1 aliphatic heterocycles. The second kappa shape index (κ2) is 5.62. The molecule has 0 aliphatic carbocycles. The first kappa shape index (κ1) is 13.9. The minimum Gasteiger partial charge on any atom is -0.366 e. The van der Waals surface area contributed by atoms with E-state index in [9.17, 15) is 0 Å². The van der Waals surface area contributed by atoms with Crippen LogP contribution in [0.15, 0.2) is 28.7 Å². The third-order valence-electron chi connectivity index (χ3n) is 3.97. The summed E-state index contributed by atoms with van der Waals surface area (Å²) in [7, 11) is 0. The Hall–Kier alpha value is -0.540. The Morgan fingerprint density at radius 2 is 2.22 bits per heavy atom. The van der Waals surface area contributed by atoms with Gasteiger partial charge in [-0.25, -0.2) is 0 Å². The van der Waals surface area contributed by atoms with Crippen LogP contribution < -0.4 is 10.6 Å². The molecule has 1 saturated heterocycles. The zero-order chi connectivity index (χ0) is 13.2. The van der Waals surface area contributed by atoms with Gasteiger partial charge in [-0.15, -0.1) is 0 Å². The molecule has 3 heteroatoms. The number of rotatable bonds is 3. The van der Waals surface area contributed by atoms with Crippen LogP contribution in [0.1, 0.15) is 33.1 Å². The van der Waals surface area contributed by atoms with E-state index in [1.165, 1.54) is 18.5 Å². The lowest BCUT2D eigenvalue weighted by atomic mass is 9.80. The largest absolute Gasteiger partial charge is 0.366 e. The minimum absolute atomic E-state index is 0.221. The number of halogens is 1. The summed E-state index contributed by atoms with van der Waals surface area (Å²) in [6.07, 6.45) is 3.65. The highest BCUT2D eigenvalue weighted by molar-refractivity contribution is 9.10. The molecule has 100 valence electrons. The molecule has 2 rings (SSSR count). The normalized spacial score (nSPS) is 23.1. The molecule has 1 heterocycles. The van der Waals surface area contributed by atoms with Gasteiger partial charge in [-0.2, -0.15) is 0 Å². The van der Waals surface area contributed by atoms with Gasteiger partial charge >= 0.3 is 0 Å². The molecule has 2 nitrogen and oxygen atoms in total. The van der Waals surface area contributed by atoms with Crippen molar-refractivity contribution in [2.75, 3.05) is 18.0 Å². The van der Waals surface area contributed by atoms with Crippen LogP contribution in [-0.2, 0) is 0 Å². The Balaban J connectivity index is 2.15. The Kier molecular flexibility index (Phi) is 4.33. The van der Waals surface area contributed by atoms with Crippen LogP contribution in [0.4, 0.5) is 5.69 Å². The number of anilines is 1. The average Bonchev–Trinajstić information content (AvgIpc) is 2.28. The van der Waals surface area contributed by atoms with Gasteiger partial charge in [-0.1, -0.05) is 22.0 Å². The van der Waals surface area contributed by atoms with Crippen LogP contribution in [0.2, 0.25) is 0 Å². The summed E-state index contributed by atoms with van der Waals surface area (Å²) in [6.45, 7) is 6.64. The van der Waals surface area contributed by atoms with Crippen molar-refractivity contribution in [1.29, 1.82) is 0 Å². The van der Waals surface area contributed by atoms with Crippen LogP contribution in [0.3, 0.4) is 0 Å². The molecule has 0 bridgehead atoms. The lowest BCUT2D eigenvalue weighted by Crippen LogP contribution is -2.50. The monoisotopic (exact) mass is 310 g/mol. The van der Waals surface area contributed by atoms with Crippen LogP contribution >= 0.6 is 15.9 Å². The van der Waals surface area contributed by atoms with E-state index in [2.05, 4.69) is 58.9 Å². The molecular weight excluding hydrogens is 288 g/mol. The lowest BCUT2D eigenvalue weighted by Gasteiger charge is -2.47. The SMILES string of the molecule is CC1(C)CC(CCN)CCN1c1cccc(Br)c1. The Morgan fingerprint density at radius 3 is 2.83 bits per heavy atom. The standard InChI is InChI=1S/C15H23BrN2/c1-15(2)11-12(6-8-17)7-9-18(15)14-5-3-4-13(16)10-14/h3-5,10,12H,6-9,11,17H2,1-2H3. The van der Waals surface area contributed by atoms with Gasteiger partial charge in [0.25, 0.3) is 0 Å². The predicted molar refractivity (Wildman–Crippen MR) is 82.0 cm³/mol. The van der Waals surface area contributed by atoms with Crippen molar-refractivity contribution in [3.63, 3.8) is 0 Å². The quantitative estimate of drug-likeness (QED) is 0.920. The Labute approximate surface area is 119 Å². The summed E-state index contributed by atoms with van der Waals surface area (Å²) in [5.74, 6) is 0.786. The van der Waals surface area contributed by atoms with Gasteiger partial charge in [0.1, 0.15) is 0 Å². The molecule has 1 unspecified atom stereocenters. The predicted octanol–water partition coefficient (Wildman–Crippen LogP) is 3.79. The van der Waals surface area contributed by atoms with Gasteiger partial charge < -0.3 is 10.6 Å². The summed E-state index contributed by atoms with van der Waals surface area (Å²) in [4.78, 5) is 2.53. The highest BCUT2D eigenvalue weighted by Crippen LogP contribution is 2.37. The number of nitrogens with zero attached hydrogens (tertiary/aromatic N) is 1.